The van der Waals surface area contributed by atoms with Crippen molar-refractivity contribution in [2.24, 2.45) is 0 Å². The monoisotopic (exact) mass is 513 g/mol. The van der Waals surface area contributed by atoms with Gasteiger partial charge in [-0.05, 0) is 98.0 Å². The number of nitrogens with zero attached hydrogens (tertiary/aromatic N) is 1. The quantitative estimate of drug-likeness (QED) is 0.118. The number of carbonyl (C=O) groups is 3. The number of unbranched alkanes of at least 4 members (excludes halogenated alkanes) is 3. The normalized spacial score (nSPS) is 12.9. The summed E-state index contributed by atoms with van der Waals surface area (Å²) in [5, 5.41) is 0. The van der Waals surface area contributed by atoms with Crippen LogP contribution >= 0.6 is 0 Å². The summed E-state index contributed by atoms with van der Waals surface area (Å²) in [6.45, 7) is 1.20. The molecule has 4 rings (SSSR count). The molecule has 194 valence electrons. The van der Waals surface area contributed by atoms with Crippen LogP contribution in [0, 0.1) is 5.82 Å². The minimum atomic E-state index is -0.370. The summed E-state index contributed by atoms with van der Waals surface area (Å²) in [4.78, 5) is 36.7. The first-order valence-electron chi connectivity index (χ1n) is 12.5. The molecule has 6 nitrogen and oxygen atoms in total. The third-order valence-electron chi connectivity index (χ3n) is 5.92. The number of benzene rings is 3. The highest BCUT2D eigenvalue weighted by Crippen LogP contribution is 2.22. The van der Waals surface area contributed by atoms with Gasteiger partial charge in [-0.1, -0.05) is 18.2 Å². The molecule has 0 bridgehead atoms. The van der Waals surface area contributed by atoms with E-state index in [2.05, 4.69) is 0 Å². The van der Waals surface area contributed by atoms with Gasteiger partial charge in [-0.25, -0.2) is 9.29 Å². The average Bonchev–Trinajstić information content (AvgIpc) is 3.27. The van der Waals surface area contributed by atoms with Crippen LogP contribution in [0.3, 0.4) is 0 Å². The van der Waals surface area contributed by atoms with Crippen LogP contribution in [0.2, 0.25) is 0 Å². The lowest BCUT2D eigenvalue weighted by molar-refractivity contribution is -0.119. The Kier molecular flexibility index (Phi) is 9.18. The summed E-state index contributed by atoms with van der Waals surface area (Å²) in [7, 11) is 0. The molecule has 0 aromatic heterocycles. The Labute approximate surface area is 221 Å². The van der Waals surface area contributed by atoms with E-state index in [0.717, 1.165) is 41.9 Å². The molecule has 0 N–H and O–H groups in total. The van der Waals surface area contributed by atoms with Crippen LogP contribution in [0.5, 0.6) is 11.5 Å². The van der Waals surface area contributed by atoms with Crippen molar-refractivity contribution in [2.45, 2.75) is 25.7 Å². The summed E-state index contributed by atoms with van der Waals surface area (Å²) < 4.78 is 24.5. The molecule has 0 radical (unpaired) electrons. The largest absolute Gasteiger partial charge is 0.494 e. The van der Waals surface area contributed by atoms with Gasteiger partial charge in [0.1, 0.15) is 17.3 Å². The Morgan fingerprint density at radius 3 is 1.79 bits per heavy atom. The number of imide groups is 1. The lowest BCUT2D eigenvalue weighted by atomic mass is 10.1. The van der Waals surface area contributed by atoms with Crippen LogP contribution in [0.4, 0.5) is 10.1 Å². The second-order valence-corrected chi connectivity index (χ2v) is 8.72. The fourth-order valence-electron chi connectivity index (χ4n) is 3.84. The average molecular weight is 514 g/mol. The molecule has 7 heteroatoms. The van der Waals surface area contributed by atoms with E-state index in [-0.39, 0.29) is 23.4 Å². The van der Waals surface area contributed by atoms with Crippen LogP contribution in [0.1, 0.15) is 41.6 Å². The first-order valence-corrected chi connectivity index (χ1v) is 12.5. The molecule has 2 amide bonds. The van der Waals surface area contributed by atoms with Gasteiger partial charge in [-0.2, -0.15) is 0 Å². The Balaban J connectivity index is 1.07. The Bertz CT molecular complexity index is 1290. The molecule has 0 fully saturated rings. The first-order chi connectivity index (χ1) is 18.5. The highest BCUT2D eigenvalue weighted by Gasteiger charge is 2.24. The molecule has 38 heavy (non-hydrogen) atoms. The molecule has 0 saturated carbocycles. The van der Waals surface area contributed by atoms with Gasteiger partial charge < -0.3 is 9.47 Å². The molecule has 1 aliphatic heterocycles. The van der Waals surface area contributed by atoms with Gasteiger partial charge in [0.15, 0.2) is 5.78 Å². The zero-order valence-corrected chi connectivity index (χ0v) is 20.8. The van der Waals surface area contributed by atoms with Crippen LogP contribution < -0.4 is 14.4 Å². The second-order valence-electron chi connectivity index (χ2n) is 8.72. The number of hydrogen-bond acceptors (Lipinski definition) is 5. The van der Waals surface area contributed by atoms with Crippen molar-refractivity contribution in [3.63, 3.8) is 0 Å². The SMILES string of the molecule is O=C(C=Cc1ccc(OCCCCCCOc2ccc(N3C(=O)C=CC3=O)cc2)cc1)c1ccc(F)cc1. The third-order valence-corrected chi connectivity index (χ3v) is 5.92. The third kappa shape index (κ3) is 7.49. The zero-order chi connectivity index (χ0) is 26.7. The van der Waals surface area contributed by atoms with Crippen molar-refractivity contribution >= 4 is 29.4 Å². The standard InChI is InChI=1S/C31H28FNO5/c32-25-10-8-24(9-11-25)29(34)18-7-23-5-14-27(15-6-23)37-21-3-1-2-4-22-38-28-16-12-26(13-17-28)33-30(35)19-20-31(33)36/h5-20H,1-4,21-22H2. The van der Waals surface area contributed by atoms with Crippen molar-refractivity contribution in [2.75, 3.05) is 18.1 Å². The number of halogens is 1. The summed E-state index contributed by atoms with van der Waals surface area (Å²) in [6, 6.07) is 19.9. The van der Waals surface area contributed by atoms with Crippen LogP contribution in [-0.2, 0) is 9.59 Å². The predicted molar refractivity (Wildman–Crippen MR) is 144 cm³/mol. The van der Waals surface area contributed by atoms with Crippen molar-refractivity contribution in [3.8, 4) is 11.5 Å². The Morgan fingerprint density at radius 2 is 1.24 bits per heavy atom. The summed E-state index contributed by atoms with van der Waals surface area (Å²) >= 11 is 0. The fourth-order valence-corrected chi connectivity index (χ4v) is 3.84. The molecular formula is C31H28FNO5. The molecule has 1 aliphatic rings. The number of allylic oxidation sites excluding steroid dienone is 1. The van der Waals surface area contributed by atoms with E-state index in [1.807, 2.05) is 24.3 Å². The minimum absolute atomic E-state index is 0.181. The second kappa shape index (κ2) is 13.1. The summed E-state index contributed by atoms with van der Waals surface area (Å²) in [6.07, 6.45) is 9.57. The van der Waals surface area contributed by atoms with Gasteiger partial charge in [-0.3, -0.25) is 14.4 Å². The maximum atomic E-state index is 13.0. The summed E-state index contributed by atoms with van der Waals surface area (Å²) in [5.41, 5.74) is 1.84. The minimum Gasteiger partial charge on any atom is -0.494 e. The number of carbonyl (C=O) groups excluding carboxylic acids is 3. The van der Waals surface area contributed by atoms with E-state index in [1.165, 1.54) is 42.5 Å². The lowest BCUT2D eigenvalue weighted by Gasteiger charge is -2.14. The molecule has 0 aliphatic carbocycles. The van der Waals surface area contributed by atoms with Gasteiger partial charge in [-0.15, -0.1) is 0 Å². The van der Waals surface area contributed by atoms with Crippen molar-refractivity contribution in [1.29, 1.82) is 0 Å². The van der Waals surface area contributed by atoms with E-state index in [9.17, 15) is 18.8 Å². The van der Waals surface area contributed by atoms with E-state index in [4.69, 9.17) is 9.47 Å². The van der Waals surface area contributed by atoms with E-state index >= 15 is 0 Å². The predicted octanol–water partition coefficient (Wildman–Crippen LogP) is 6.17. The van der Waals surface area contributed by atoms with Gasteiger partial charge in [0.25, 0.3) is 11.8 Å². The summed E-state index contributed by atoms with van der Waals surface area (Å²) in [5.74, 6) is 0.239. The molecule has 0 saturated heterocycles. The van der Waals surface area contributed by atoms with Gasteiger partial charge in [0, 0.05) is 17.7 Å². The molecule has 3 aromatic rings. The molecule has 1 heterocycles. The molecular weight excluding hydrogens is 485 g/mol. The van der Waals surface area contributed by atoms with Crippen molar-refractivity contribution in [1.82, 2.24) is 0 Å². The molecule has 3 aromatic carbocycles. The lowest BCUT2D eigenvalue weighted by Crippen LogP contribution is -2.29. The van der Waals surface area contributed by atoms with Crippen LogP contribution in [-0.4, -0.2) is 30.8 Å². The van der Waals surface area contributed by atoms with Crippen molar-refractivity contribution < 1.29 is 28.2 Å². The zero-order valence-electron chi connectivity index (χ0n) is 20.8. The molecule has 0 unspecified atom stereocenters. The van der Waals surface area contributed by atoms with E-state index in [1.54, 1.807) is 30.3 Å². The number of rotatable bonds is 13. The highest BCUT2D eigenvalue weighted by molar-refractivity contribution is 6.28. The fraction of sp³-hybridized carbons (Fsp3) is 0.194. The molecule has 0 atom stereocenters. The topological polar surface area (TPSA) is 72.9 Å². The first kappa shape index (κ1) is 26.5. The Morgan fingerprint density at radius 1 is 0.711 bits per heavy atom. The van der Waals surface area contributed by atoms with Gasteiger partial charge >= 0.3 is 0 Å². The highest BCUT2D eigenvalue weighted by atomic mass is 19.1. The maximum Gasteiger partial charge on any atom is 0.258 e. The number of amides is 2. The molecule has 0 spiro atoms. The van der Waals surface area contributed by atoms with E-state index in [0.29, 0.717) is 30.2 Å². The number of hydrogen-bond donors (Lipinski definition) is 0. The number of ketones is 1. The van der Waals surface area contributed by atoms with Gasteiger partial charge in [0.05, 0.1) is 18.9 Å². The number of anilines is 1. The van der Waals surface area contributed by atoms with E-state index < -0.39 is 0 Å². The number of ether oxygens (including phenoxy) is 2. The van der Waals surface area contributed by atoms with Crippen LogP contribution in [0.25, 0.3) is 6.08 Å². The van der Waals surface area contributed by atoms with Crippen molar-refractivity contribution in [3.05, 3.63) is 108 Å². The smallest absolute Gasteiger partial charge is 0.258 e. The Hall–Kier alpha value is -4.52. The van der Waals surface area contributed by atoms with Gasteiger partial charge in [0.2, 0.25) is 0 Å². The maximum absolute atomic E-state index is 13.0. The van der Waals surface area contributed by atoms with Crippen LogP contribution in [0.15, 0.2) is 91.0 Å².